The third kappa shape index (κ3) is 4.88. The van der Waals surface area contributed by atoms with Crippen LogP contribution in [0.2, 0.25) is 0 Å². The number of aromatic nitrogens is 2. The molecule has 0 spiro atoms. The van der Waals surface area contributed by atoms with Gasteiger partial charge in [-0.15, -0.1) is 0 Å². The van der Waals surface area contributed by atoms with Crippen molar-refractivity contribution in [3.63, 3.8) is 0 Å². The molecule has 2 amide bonds. The van der Waals surface area contributed by atoms with E-state index < -0.39 is 11.8 Å². The summed E-state index contributed by atoms with van der Waals surface area (Å²) in [5, 5.41) is 13.0. The fourth-order valence-electron chi connectivity index (χ4n) is 3.75. The Labute approximate surface area is 205 Å². The lowest BCUT2D eigenvalue weighted by Crippen LogP contribution is -2.32. The summed E-state index contributed by atoms with van der Waals surface area (Å²) in [6.45, 7) is 0. The van der Waals surface area contributed by atoms with E-state index in [4.69, 9.17) is 0 Å². The van der Waals surface area contributed by atoms with Crippen molar-refractivity contribution in [2.24, 2.45) is 5.10 Å². The molecule has 0 unspecified atom stereocenters. The van der Waals surface area contributed by atoms with Gasteiger partial charge in [-0.25, -0.2) is 14.5 Å². The second kappa shape index (κ2) is 10.0. The smallest absolute Gasteiger partial charge is 0.317 e. The van der Waals surface area contributed by atoms with Gasteiger partial charge in [-0.1, -0.05) is 54.6 Å². The van der Waals surface area contributed by atoms with Crippen LogP contribution < -0.4 is 10.7 Å². The number of hydrazone groups is 1. The Hall–Kier alpha value is -5.11. The topological polar surface area (TPSA) is 88.4 Å². The maximum Gasteiger partial charge on any atom is 0.329 e. The van der Waals surface area contributed by atoms with Crippen LogP contribution in [-0.2, 0) is 9.59 Å². The van der Waals surface area contributed by atoms with E-state index in [1.807, 2.05) is 60.7 Å². The van der Waals surface area contributed by atoms with Gasteiger partial charge in [-0.05, 0) is 47.9 Å². The first-order valence-corrected chi connectivity index (χ1v) is 11.1. The molecule has 0 radical (unpaired) electrons. The first kappa shape index (κ1) is 22.7. The normalized spacial score (nSPS) is 11.0. The maximum absolute atomic E-state index is 13.4. The fourth-order valence-corrected chi connectivity index (χ4v) is 3.75. The molecule has 8 heteroatoms. The Balaban J connectivity index is 1.35. The summed E-state index contributed by atoms with van der Waals surface area (Å²) >= 11 is 0. The number of carbonyl (C=O) groups is 2. The highest BCUT2D eigenvalue weighted by Crippen LogP contribution is 2.24. The summed E-state index contributed by atoms with van der Waals surface area (Å²) in [4.78, 5) is 24.9. The summed E-state index contributed by atoms with van der Waals surface area (Å²) in [6, 6.07) is 28.4. The molecule has 5 aromatic rings. The largest absolute Gasteiger partial charge is 0.329 e. The van der Waals surface area contributed by atoms with Crippen LogP contribution >= 0.6 is 0 Å². The highest BCUT2D eigenvalue weighted by atomic mass is 19.1. The number of anilines is 1. The molecular weight excluding hydrogens is 457 g/mol. The quantitative estimate of drug-likeness (QED) is 0.214. The van der Waals surface area contributed by atoms with Crippen molar-refractivity contribution in [1.29, 1.82) is 0 Å². The van der Waals surface area contributed by atoms with Gasteiger partial charge >= 0.3 is 11.8 Å². The van der Waals surface area contributed by atoms with E-state index in [0.717, 1.165) is 16.5 Å². The average Bonchev–Trinajstić information content (AvgIpc) is 3.34. The number of halogens is 1. The molecule has 0 saturated heterocycles. The van der Waals surface area contributed by atoms with Gasteiger partial charge in [0, 0.05) is 28.4 Å². The zero-order valence-corrected chi connectivity index (χ0v) is 18.9. The molecule has 176 valence electrons. The first-order valence-electron chi connectivity index (χ1n) is 11.1. The average molecular weight is 477 g/mol. The van der Waals surface area contributed by atoms with Gasteiger partial charge in [-0.3, -0.25) is 9.59 Å². The predicted molar refractivity (Wildman–Crippen MR) is 137 cm³/mol. The third-order valence-corrected chi connectivity index (χ3v) is 5.49. The monoisotopic (exact) mass is 477 g/mol. The summed E-state index contributed by atoms with van der Waals surface area (Å²) < 4.78 is 15.1. The molecule has 36 heavy (non-hydrogen) atoms. The van der Waals surface area contributed by atoms with Gasteiger partial charge in [0.25, 0.3) is 0 Å². The van der Waals surface area contributed by atoms with Crippen LogP contribution in [0.15, 0.2) is 108 Å². The summed E-state index contributed by atoms with van der Waals surface area (Å²) in [7, 11) is 0. The zero-order chi connectivity index (χ0) is 24.9. The third-order valence-electron chi connectivity index (χ3n) is 5.49. The molecule has 0 saturated carbocycles. The number of fused-ring (bicyclic) bond motifs is 1. The van der Waals surface area contributed by atoms with Crippen molar-refractivity contribution in [3.8, 4) is 16.9 Å². The number of nitrogens with one attached hydrogen (secondary N) is 2. The highest BCUT2D eigenvalue weighted by molar-refractivity contribution is 6.40. The van der Waals surface area contributed by atoms with Crippen molar-refractivity contribution < 1.29 is 14.0 Å². The molecular formula is C28H20FN5O2. The summed E-state index contributed by atoms with van der Waals surface area (Å²) in [5.41, 5.74) is 5.39. The molecule has 0 bridgehead atoms. The molecule has 5 rings (SSSR count). The van der Waals surface area contributed by atoms with E-state index in [9.17, 15) is 14.0 Å². The van der Waals surface area contributed by atoms with Crippen LogP contribution in [0.3, 0.4) is 0 Å². The number of benzene rings is 4. The number of hydrogen-bond donors (Lipinski definition) is 2. The minimum atomic E-state index is -0.919. The van der Waals surface area contributed by atoms with Crippen molar-refractivity contribution in [2.75, 3.05) is 5.32 Å². The van der Waals surface area contributed by atoms with E-state index in [-0.39, 0.29) is 5.82 Å². The van der Waals surface area contributed by atoms with Crippen LogP contribution in [0.25, 0.3) is 27.7 Å². The highest BCUT2D eigenvalue weighted by Gasteiger charge is 2.15. The predicted octanol–water partition coefficient (Wildman–Crippen LogP) is 4.92. The van der Waals surface area contributed by atoms with Gasteiger partial charge < -0.3 is 5.32 Å². The Kier molecular flexibility index (Phi) is 6.31. The minimum Gasteiger partial charge on any atom is -0.317 e. The van der Waals surface area contributed by atoms with Gasteiger partial charge in [0.2, 0.25) is 0 Å². The zero-order valence-electron chi connectivity index (χ0n) is 18.9. The van der Waals surface area contributed by atoms with Crippen LogP contribution in [0.1, 0.15) is 5.56 Å². The molecule has 1 heterocycles. The number of nitrogens with zero attached hydrogens (tertiary/aromatic N) is 3. The number of para-hydroxylation sites is 1. The maximum atomic E-state index is 13.4. The van der Waals surface area contributed by atoms with E-state index in [2.05, 4.69) is 20.9 Å². The van der Waals surface area contributed by atoms with Gasteiger partial charge in [0.15, 0.2) is 0 Å². The second-order valence-corrected chi connectivity index (χ2v) is 7.90. The lowest BCUT2D eigenvalue weighted by Gasteiger charge is -2.07. The molecule has 7 nitrogen and oxygen atoms in total. The van der Waals surface area contributed by atoms with Crippen molar-refractivity contribution in [2.45, 2.75) is 0 Å². The number of amides is 2. The van der Waals surface area contributed by atoms with Crippen molar-refractivity contribution in [3.05, 3.63) is 115 Å². The van der Waals surface area contributed by atoms with Crippen LogP contribution in [0.5, 0.6) is 0 Å². The lowest BCUT2D eigenvalue weighted by molar-refractivity contribution is -0.136. The molecule has 0 atom stereocenters. The Morgan fingerprint density at radius 2 is 1.56 bits per heavy atom. The Morgan fingerprint density at radius 1 is 0.833 bits per heavy atom. The van der Waals surface area contributed by atoms with Crippen LogP contribution in [0, 0.1) is 5.82 Å². The van der Waals surface area contributed by atoms with Crippen LogP contribution in [-0.4, -0.2) is 27.8 Å². The minimum absolute atomic E-state index is 0.360. The molecule has 0 aliphatic heterocycles. The summed E-state index contributed by atoms with van der Waals surface area (Å²) in [5.74, 6) is -2.12. The molecule has 2 N–H and O–H groups in total. The fraction of sp³-hybridized carbons (Fsp3) is 0. The summed E-state index contributed by atoms with van der Waals surface area (Å²) in [6.07, 6.45) is 3.13. The molecule has 0 aliphatic carbocycles. The van der Waals surface area contributed by atoms with Crippen molar-refractivity contribution >= 4 is 34.5 Å². The van der Waals surface area contributed by atoms with Crippen LogP contribution in [0.4, 0.5) is 10.1 Å². The van der Waals surface area contributed by atoms with Gasteiger partial charge in [0.1, 0.15) is 11.5 Å². The standard InChI is InChI=1S/C28H20FN5O2/c29-22-15-13-20(14-16-22)26-21(18-34(33-26)23-9-2-1-3-10-23)17-30-32-28(36)27(35)31-25-12-6-8-19-7-4-5-11-24(19)25/h1-18H,(H,31,35)(H,32,36). The number of hydrogen-bond acceptors (Lipinski definition) is 4. The first-order chi connectivity index (χ1) is 17.6. The Morgan fingerprint density at radius 3 is 2.36 bits per heavy atom. The van der Waals surface area contributed by atoms with E-state index in [0.29, 0.717) is 22.5 Å². The van der Waals surface area contributed by atoms with E-state index >= 15 is 0 Å². The molecule has 0 fully saturated rings. The van der Waals surface area contributed by atoms with E-state index in [1.165, 1.54) is 18.3 Å². The Bertz CT molecular complexity index is 1570. The molecule has 4 aromatic carbocycles. The van der Waals surface area contributed by atoms with E-state index in [1.54, 1.807) is 35.1 Å². The van der Waals surface area contributed by atoms with Gasteiger partial charge in [-0.2, -0.15) is 10.2 Å². The lowest BCUT2D eigenvalue weighted by atomic mass is 10.1. The molecule has 1 aromatic heterocycles. The second-order valence-electron chi connectivity index (χ2n) is 7.90. The number of carbonyl (C=O) groups excluding carboxylic acids is 2. The van der Waals surface area contributed by atoms with Crippen molar-refractivity contribution in [1.82, 2.24) is 15.2 Å². The number of rotatable bonds is 5. The SMILES string of the molecule is O=C(NN=Cc1cn(-c2ccccc2)nc1-c1ccc(F)cc1)C(=O)Nc1cccc2ccccc12. The van der Waals surface area contributed by atoms with Gasteiger partial charge in [0.05, 0.1) is 11.9 Å². The molecule has 0 aliphatic rings.